The van der Waals surface area contributed by atoms with Crippen LogP contribution in [0.15, 0.2) is 46.9 Å². The van der Waals surface area contributed by atoms with E-state index in [1.807, 2.05) is 13.8 Å². The van der Waals surface area contributed by atoms with Crippen molar-refractivity contribution in [2.75, 3.05) is 6.61 Å². The SMILES string of the molecule is CC(C)COc1ccc(C(=O)NNC(=S)NC(=O)c2ccc(OC(C)C)c(Br)c2)cc1. The highest BCUT2D eigenvalue weighted by Gasteiger charge is 2.12. The molecule has 9 heteroatoms. The van der Waals surface area contributed by atoms with Crippen LogP contribution in [0.1, 0.15) is 48.4 Å². The van der Waals surface area contributed by atoms with E-state index in [0.29, 0.717) is 39.6 Å². The van der Waals surface area contributed by atoms with Crippen LogP contribution in [-0.2, 0) is 0 Å². The van der Waals surface area contributed by atoms with E-state index in [1.54, 1.807) is 42.5 Å². The number of benzene rings is 2. The summed E-state index contributed by atoms with van der Waals surface area (Å²) in [7, 11) is 0. The number of halogens is 1. The van der Waals surface area contributed by atoms with E-state index < -0.39 is 11.8 Å². The summed E-state index contributed by atoms with van der Waals surface area (Å²) >= 11 is 8.47. The molecule has 0 aliphatic heterocycles. The maximum atomic E-state index is 12.4. The quantitative estimate of drug-likeness (QED) is 0.384. The minimum atomic E-state index is -0.421. The van der Waals surface area contributed by atoms with Gasteiger partial charge in [-0.15, -0.1) is 0 Å². The highest BCUT2D eigenvalue weighted by Crippen LogP contribution is 2.26. The topological polar surface area (TPSA) is 88.7 Å². The normalized spacial score (nSPS) is 10.5. The highest BCUT2D eigenvalue weighted by molar-refractivity contribution is 9.10. The molecule has 3 N–H and O–H groups in total. The van der Waals surface area contributed by atoms with Crippen molar-refractivity contribution in [3.8, 4) is 11.5 Å². The third-order valence-electron chi connectivity index (χ3n) is 3.77. The van der Waals surface area contributed by atoms with E-state index in [-0.39, 0.29) is 11.2 Å². The van der Waals surface area contributed by atoms with Crippen molar-refractivity contribution in [2.45, 2.75) is 33.8 Å². The minimum Gasteiger partial charge on any atom is -0.493 e. The monoisotopic (exact) mass is 507 g/mol. The molecule has 0 aromatic heterocycles. The van der Waals surface area contributed by atoms with Gasteiger partial charge in [0.2, 0.25) is 0 Å². The fourth-order valence-electron chi connectivity index (χ4n) is 2.35. The van der Waals surface area contributed by atoms with E-state index in [2.05, 4.69) is 45.9 Å². The summed E-state index contributed by atoms with van der Waals surface area (Å²) in [5.41, 5.74) is 5.78. The first-order chi connectivity index (χ1) is 14.7. The Hall–Kier alpha value is -2.65. The molecule has 0 unspecified atom stereocenters. The molecule has 0 heterocycles. The molecule has 0 aliphatic rings. The average Bonchev–Trinajstić information content (AvgIpc) is 2.72. The van der Waals surface area contributed by atoms with Gasteiger partial charge in [-0.1, -0.05) is 13.8 Å². The number of hydrazine groups is 1. The largest absolute Gasteiger partial charge is 0.493 e. The van der Waals surface area contributed by atoms with Gasteiger partial charge in [0.05, 0.1) is 17.2 Å². The Bertz CT molecular complexity index is 933. The summed E-state index contributed by atoms with van der Waals surface area (Å²) in [4.78, 5) is 24.6. The second kappa shape index (κ2) is 11.7. The van der Waals surface area contributed by atoms with Gasteiger partial charge in [0.15, 0.2) is 5.11 Å². The van der Waals surface area contributed by atoms with Gasteiger partial charge in [-0.25, -0.2) is 0 Å². The molecule has 2 aromatic carbocycles. The third kappa shape index (κ3) is 8.18. The summed E-state index contributed by atoms with van der Waals surface area (Å²) in [6, 6.07) is 11.7. The minimum absolute atomic E-state index is 0.0140. The zero-order valence-corrected chi connectivity index (χ0v) is 20.2. The molecular weight excluding hydrogens is 482 g/mol. The van der Waals surface area contributed by atoms with Crippen LogP contribution in [0.4, 0.5) is 0 Å². The van der Waals surface area contributed by atoms with Gasteiger partial charge in [-0.05, 0) is 90.4 Å². The van der Waals surface area contributed by atoms with Crippen molar-refractivity contribution in [3.05, 3.63) is 58.1 Å². The maximum Gasteiger partial charge on any atom is 0.269 e. The Morgan fingerprint density at radius 1 is 0.968 bits per heavy atom. The smallest absolute Gasteiger partial charge is 0.269 e. The molecule has 0 aliphatic carbocycles. The zero-order valence-electron chi connectivity index (χ0n) is 17.8. The molecule has 2 aromatic rings. The van der Waals surface area contributed by atoms with E-state index >= 15 is 0 Å². The van der Waals surface area contributed by atoms with Gasteiger partial charge in [-0.3, -0.25) is 25.8 Å². The third-order valence-corrected chi connectivity index (χ3v) is 4.60. The van der Waals surface area contributed by atoms with Crippen molar-refractivity contribution in [1.29, 1.82) is 0 Å². The van der Waals surface area contributed by atoms with Crippen molar-refractivity contribution < 1.29 is 19.1 Å². The maximum absolute atomic E-state index is 12.4. The van der Waals surface area contributed by atoms with Crippen LogP contribution in [0.25, 0.3) is 0 Å². The van der Waals surface area contributed by atoms with E-state index in [1.165, 1.54) is 0 Å². The predicted octanol–water partition coefficient (Wildman–Crippen LogP) is 4.22. The van der Waals surface area contributed by atoms with Gasteiger partial charge < -0.3 is 9.47 Å². The molecule has 2 rings (SSSR count). The van der Waals surface area contributed by atoms with Crippen LogP contribution >= 0.6 is 28.1 Å². The van der Waals surface area contributed by atoms with Crippen LogP contribution in [-0.4, -0.2) is 29.6 Å². The van der Waals surface area contributed by atoms with Gasteiger partial charge in [0, 0.05) is 11.1 Å². The molecule has 0 fully saturated rings. The number of rotatable bonds is 7. The van der Waals surface area contributed by atoms with Gasteiger partial charge in [-0.2, -0.15) is 0 Å². The Morgan fingerprint density at radius 2 is 1.61 bits per heavy atom. The second-order valence-electron chi connectivity index (χ2n) is 7.40. The Morgan fingerprint density at radius 3 is 2.19 bits per heavy atom. The van der Waals surface area contributed by atoms with Crippen LogP contribution in [0.2, 0.25) is 0 Å². The molecule has 0 spiro atoms. The summed E-state index contributed by atoms with van der Waals surface area (Å²) in [5, 5.41) is 2.48. The Balaban J connectivity index is 1.85. The lowest BCUT2D eigenvalue weighted by Crippen LogP contribution is -2.48. The van der Waals surface area contributed by atoms with Crippen molar-refractivity contribution in [1.82, 2.24) is 16.2 Å². The molecule has 0 saturated carbocycles. The molecule has 0 radical (unpaired) electrons. The first-order valence-electron chi connectivity index (χ1n) is 9.76. The first kappa shape index (κ1) is 24.6. The summed E-state index contributed by atoms with van der Waals surface area (Å²) in [5.74, 6) is 0.924. The Labute approximate surface area is 196 Å². The lowest BCUT2D eigenvalue weighted by molar-refractivity contribution is 0.0934. The summed E-state index contributed by atoms with van der Waals surface area (Å²) < 4.78 is 11.9. The second-order valence-corrected chi connectivity index (χ2v) is 8.67. The molecule has 166 valence electrons. The average molecular weight is 508 g/mol. The van der Waals surface area contributed by atoms with E-state index in [9.17, 15) is 9.59 Å². The van der Waals surface area contributed by atoms with Crippen LogP contribution < -0.4 is 25.6 Å². The molecule has 0 bridgehead atoms. The number of hydrogen-bond donors (Lipinski definition) is 3. The highest BCUT2D eigenvalue weighted by atomic mass is 79.9. The molecule has 2 amide bonds. The first-order valence-corrected chi connectivity index (χ1v) is 11.0. The molecule has 0 atom stereocenters. The number of carbonyl (C=O) groups excluding carboxylic acids is 2. The van der Waals surface area contributed by atoms with Gasteiger partial charge in [0.1, 0.15) is 11.5 Å². The standard InChI is InChI=1S/C22H26BrN3O4S/c1-13(2)12-29-17-8-5-15(6-9-17)21(28)25-26-22(31)24-20(27)16-7-10-19(18(23)11-16)30-14(3)4/h5-11,13-14H,12H2,1-4H3,(H,25,28)(H2,24,26,27,31). The lowest BCUT2D eigenvalue weighted by atomic mass is 10.2. The number of ether oxygens (including phenoxy) is 2. The van der Waals surface area contributed by atoms with E-state index in [0.717, 1.165) is 0 Å². The Kier molecular flexibility index (Phi) is 9.26. The fraction of sp³-hybridized carbons (Fsp3) is 0.318. The van der Waals surface area contributed by atoms with Crippen LogP contribution in [0.3, 0.4) is 0 Å². The van der Waals surface area contributed by atoms with Crippen molar-refractivity contribution >= 4 is 45.1 Å². The van der Waals surface area contributed by atoms with E-state index in [4.69, 9.17) is 21.7 Å². The summed E-state index contributed by atoms with van der Waals surface area (Å²) in [6.45, 7) is 8.56. The molecular formula is C22H26BrN3O4S. The summed E-state index contributed by atoms with van der Waals surface area (Å²) in [6.07, 6.45) is 0.0140. The van der Waals surface area contributed by atoms with Crippen molar-refractivity contribution in [3.63, 3.8) is 0 Å². The molecule has 7 nitrogen and oxygen atoms in total. The fourth-order valence-corrected chi connectivity index (χ4v) is 2.97. The number of carbonyl (C=O) groups is 2. The molecule has 0 saturated heterocycles. The lowest BCUT2D eigenvalue weighted by Gasteiger charge is -2.13. The zero-order chi connectivity index (χ0) is 23.0. The number of hydrogen-bond acceptors (Lipinski definition) is 5. The van der Waals surface area contributed by atoms with Gasteiger partial charge >= 0.3 is 0 Å². The predicted molar refractivity (Wildman–Crippen MR) is 127 cm³/mol. The van der Waals surface area contributed by atoms with Gasteiger partial charge in [0.25, 0.3) is 11.8 Å². The van der Waals surface area contributed by atoms with Crippen LogP contribution in [0.5, 0.6) is 11.5 Å². The molecule has 31 heavy (non-hydrogen) atoms. The van der Waals surface area contributed by atoms with Crippen LogP contribution in [0, 0.1) is 5.92 Å². The van der Waals surface area contributed by atoms with Crippen molar-refractivity contribution in [2.24, 2.45) is 5.92 Å². The number of thiocarbonyl (C=S) groups is 1. The number of nitrogens with one attached hydrogen (secondary N) is 3. The number of amides is 2.